The fourth-order valence-electron chi connectivity index (χ4n) is 1.69. The molecule has 0 radical (unpaired) electrons. The zero-order valence-electron chi connectivity index (χ0n) is 9.59. The smallest absolute Gasteiger partial charge is 0.278 e. The van der Waals surface area contributed by atoms with Crippen molar-refractivity contribution in [3.8, 4) is 16.9 Å². The van der Waals surface area contributed by atoms with Crippen LogP contribution in [0.3, 0.4) is 0 Å². The van der Waals surface area contributed by atoms with E-state index in [1.807, 2.05) is 6.07 Å². The van der Waals surface area contributed by atoms with Crippen LogP contribution in [-0.4, -0.2) is 12.0 Å². The van der Waals surface area contributed by atoms with Crippen molar-refractivity contribution in [2.45, 2.75) is 0 Å². The van der Waals surface area contributed by atoms with Gasteiger partial charge in [0.2, 0.25) is 0 Å². The first-order valence-electron chi connectivity index (χ1n) is 5.20. The number of benzene rings is 2. The first-order valence-corrected chi connectivity index (χ1v) is 5.99. The predicted octanol–water partition coefficient (Wildman–Crippen LogP) is 4.03. The summed E-state index contributed by atoms with van der Waals surface area (Å²) in [5, 5.41) is 11.1. The van der Waals surface area contributed by atoms with E-state index in [0.717, 1.165) is 5.56 Å². The molecule has 0 spiro atoms. The Morgan fingerprint density at radius 2 is 2.00 bits per heavy atom. The summed E-state index contributed by atoms with van der Waals surface area (Å²) in [6.07, 6.45) is 0. The van der Waals surface area contributed by atoms with Crippen LogP contribution in [0.15, 0.2) is 46.9 Å². The molecule has 0 saturated heterocycles. The van der Waals surface area contributed by atoms with Gasteiger partial charge in [-0.05, 0) is 29.8 Å². The van der Waals surface area contributed by atoms with Crippen LogP contribution in [0.25, 0.3) is 11.1 Å². The molecule has 0 N–H and O–H groups in total. The van der Waals surface area contributed by atoms with E-state index in [2.05, 4.69) is 15.9 Å². The van der Waals surface area contributed by atoms with Gasteiger partial charge in [-0.2, -0.15) is 0 Å². The minimum Gasteiger partial charge on any atom is -0.497 e. The lowest BCUT2D eigenvalue weighted by Gasteiger charge is -2.06. The summed E-state index contributed by atoms with van der Waals surface area (Å²) in [7, 11) is 1.56. The Morgan fingerprint density at radius 3 is 2.67 bits per heavy atom. The second-order valence-corrected chi connectivity index (χ2v) is 4.57. The first-order chi connectivity index (χ1) is 8.61. The molecule has 0 atom stereocenters. The van der Waals surface area contributed by atoms with E-state index in [4.69, 9.17) is 4.74 Å². The molecular weight excluding hydrogens is 298 g/mol. The van der Waals surface area contributed by atoms with Crippen LogP contribution >= 0.6 is 15.9 Å². The molecule has 0 aliphatic carbocycles. The SMILES string of the molecule is COc1cccc(-c2ccc(Br)cc2[N+](=O)[O-])c1. The van der Waals surface area contributed by atoms with Crippen molar-refractivity contribution in [3.63, 3.8) is 0 Å². The van der Waals surface area contributed by atoms with Crippen LogP contribution in [0, 0.1) is 10.1 Å². The average Bonchev–Trinajstić information content (AvgIpc) is 2.38. The molecule has 0 aliphatic rings. The van der Waals surface area contributed by atoms with Crippen LogP contribution < -0.4 is 4.74 Å². The van der Waals surface area contributed by atoms with Gasteiger partial charge in [0.05, 0.1) is 17.6 Å². The fourth-order valence-corrected chi connectivity index (χ4v) is 2.04. The Morgan fingerprint density at radius 1 is 1.22 bits per heavy atom. The van der Waals surface area contributed by atoms with Crippen LogP contribution in [-0.2, 0) is 0 Å². The Labute approximate surface area is 112 Å². The fraction of sp³-hybridized carbons (Fsp3) is 0.0769. The van der Waals surface area contributed by atoms with Crippen LogP contribution in [0.5, 0.6) is 5.75 Å². The van der Waals surface area contributed by atoms with Crippen molar-refractivity contribution in [3.05, 3.63) is 57.1 Å². The Hall–Kier alpha value is -1.88. The summed E-state index contributed by atoms with van der Waals surface area (Å²) in [4.78, 5) is 10.7. The van der Waals surface area contributed by atoms with Gasteiger partial charge < -0.3 is 4.74 Å². The van der Waals surface area contributed by atoms with E-state index in [1.54, 1.807) is 37.4 Å². The Kier molecular flexibility index (Phi) is 3.62. The van der Waals surface area contributed by atoms with Gasteiger partial charge in [0.25, 0.3) is 5.69 Å². The standard InChI is InChI=1S/C13H10BrNO3/c1-18-11-4-2-3-9(7-11)12-6-5-10(14)8-13(12)15(16)17/h2-8H,1H3. The van der Waals surface area contributed by atoms with E-state index < -0.39 is 0 Å². The summed E-state index contributed by atoms with van der Waals surface area (Å²) in [6.45, 7) is 0. The van der Waals surface area contributed by atoms with Gasteiger partial charge in [-0.1, -0.05) is 28.1 Å². The van der Waals surface area contributed by atoms with Crippen molar-refractivity contribution in [2.75, 3.05) is 7.11 Å². The molecule has 0 bridgehead atoms. The van der Waals surface area contributed by atoms with Crippen molar-refractivity contribution in [2.24, 2.45) is 0 Å². The number of methoxy groups -OCH3 is 1. The average molecular weight is 308 g/mol. The van der Waals surface area contributed by atoms with Crippen LogP contribution in [0.4, 0.5) is 5.69 Å². The summed E-state index contributed by atoms with van der Waals surface area (Å²) in [5.41, 5.74) is 1.40. The zero-order chi connectivity index (χ0) is 13.1. The van der Waals surface area contributed by atoms with E-state index in [0.29, 0.717) is 15.8 Å². The molecule has 0 aromatic heterocycles. The Bertz CT molecular complexity index is 599. The molecule has 0 heterocycles. The van der Waals surface area contributed by atoms with Gasteiger partial charge in [0.1, 0.15) is 5.75 Å². The molecule has 18 heavy (non-hydrogen) atoms. The van der Waals surface area contributed by atoms with Gasteiger partial charge in [-0.25, -0.2) is 0 Å². The van der Waals surface area contributed by atoms with Gasteiger partial charge in [-0.15, -0.1) is 0 Å². The number of hydrogen-bond donors (Lipinski definition) is 0. The molecule has 4 nitrogen and oxygen atoms in total. The Balaban J connectivity index is 2.59. The highest BCUT2D eigenvalue weighted by molar-refractivity contribution is 9.10. The second-order valence-electron chi connectivity index (χ2n) is 3.65. The molecule has 0 amide bonds. The van der Waals surface area contributed by atoms with Gasteiger partial charge >= 0.3 is 0 Å². The van der Waals surface area contributed by atoms with Crippen molar-refractivity contribution in [1.82, 2.24) is 0 Å². The van der Waals surface area contributed by atoms with Crippen LogP contribution in [0.2, 0.25) is 0 Å². The molecule has 0 fully saturated rings. The van der Waals surface area contributed by atoms with E-state index in [-0.39, 0.29) is 10.6 Å². The molecule has 2 rings (SSSR count). The number of halogens is 1. The third-order valence-electron chi connectivity index (χ3n) is 2.54. The summed E-state index contributed by atoms with van der Waals surface area (Å²) in [6, 6.07) is 12.2. The maximum absolute atomic E-state index is 11.1. The van der Waals surface area contributed by atoms with Gasteiger partial charge in [0, 0.05) is 10.5 Å². The van der Waals surface area contributed by atoms with Crippen molar-refractivity contribution < 1.29 is 9.66 Å². The lowest BCUT2D eigenvalue weighted by molar-refractivity contribution is -0.384. The highest BCUT2D eigenvalue weighted by Crippen LogP contribution is 2.33. The second kappa shape index (κ2) is 5.18. The number of nitrogens with zero attached hydrogens (tertiary/aromatic N) is 1. The third-order valence-corrected chi connectivity index (χ3v) is 3.03. The molecule has 2 aromatic carbocycles. The quantitative estimate of drug-likeness (QED) is 0.635. The van der Waals surface area contributed by atoms with Crippen molar-refractivity contribution >= 4 is 21.6 Å². The highest BCUT2D eigenvalue weighted by atomic mass is 79.9. The summed E-state index contributed by atoms with van der Waals surface area (Å²) in [5.74, 6) is 0.671. The van der Waals surface area contributed by atoms with E-state index in [9.17, 15) is 10.1 Å². The number of ether oxygens (including phenoxy) is 1. The van der Waals surface area contributed by atoms with Crippen molar-refractivity contribution in [1.29, 1.82) is 0 Å². The molecule has 0 saturated carbocycles. The minimum atomic E-state index is -0.389. The number of nitro benzene ring substituents is 1. The zero-order valence-corrected chi connectivity index (χ0v) is 11.2. The lowest BCUT2D eigenvalue weighted by Crippen LogP contribution is -1.92. The molecule has 5 heteroatoms. The summed E-state index contributed by atoms with van der Waals surface area (Å²) < 4.78 is 5.80. The normalized spacial score (nSPS) is 10.1. The third kappa shape index (κ3) is 2.51. The highest BCUT2D eigenvalue weighted by Gasteiger charge is 2.15. The largest absolute Gasteiger partial charge is 0.497 e. The first kappa shape index (κ1) is 12.6. The maximum atomic E-state index is 11.1. The molecule has 0 aliphatic heterocycles. The number of nitro groups is 1. The lowest BCUT2D eigenvalue weighted by atomic mass is 10.0. The van der Waals surface area contributed by atoms with Gasteiger partial charge in [-0.3, -0.25) is 10.1 Å². The predicted molar refractivity (Wildman–Crippen MR) is 72.8 cm³/mol. The maximum Gasteiger partial charge on any atom is 0.278 e. The molecule has 2 aromatic rings. The number of rotatable bonds is 3. The summed E-state index contributed by atoms with van der Waals surface area (Å²) >= 11 is 3.24. The molecule has 0 unspecified atom stereocenters. The van der Waals surface area contributed by atoms with Crippen LogP contribution in [0.1, 0.15) is 0 Å². The topological polar surface area (TPSA) is 52.4 Å². The van der Waals surface area contributed by atoms with Gasteiger partial charge in [0.15, 0.2) is 0 Å². The van der Waals surface area contributed by atoms with E-state index >= 15 is 0 Å². The minimum absolute atomic E-state index is 0.0672. The molecule has 92 valence electrons. The molecular formula is C13H10BrNO3. The van der Waals surface area contributed by atoms with E-state index in [1.165, 1.54) is 6.07 Å². The monoisotopic (exact) mass is 307 g/mol. The number of hydrogen-bond acceptors (Lipinski definition) is 3.